The van der Waals surface area contributed by atoms with Gasteiger partial charge in [-0.2, -0.15) is 0 Å². The summed E-state index contributed by atoms with van der Waals surface area (Å²) < 4.78 is 7.42. The minimum atomic E-state index is -0.257. The number of pyridine rings is 1. The van der Waals surface area contributed by atoms with Crippen LogP contribution in [0.15, 0.2) is 54.9 Å². The van der Waals surface area contributed by atoms with E-state index in [1.807, 2.05) is 30.3 Å². The zero-order valence-electron chi connectivity index (χ0n) is 14.1. The van der Waals surface area contributed by atoms with Crippen molar-refractivity contribution in [3.8, 4) is 0 Å². The fourth-order valence-corrected chi connectivity index (χ4v) is 3.16. The number of benzene rings is 1. The number of nitrogens with zero attached hydrogens (tertiary/aromatic N) is 1. The summed E-state index contributed by atoms with van der Waals surface area (Å²) in [4.78, 5) is 18.0. The Hall–Kier alpha value is -2.36. The second-order valence-corrected chi connectivity index (χ2v) is 6.34. The van der Waals surface area contributed by atoms with Crippen molar-refractivity contribution >= 4 is 5.97 Å². The van der Waals surface area contributed by atoms with Crippen LogP contribution >= 0.6 is 0 Å². The van der Waals surface area contributed by atoms with Crippen LogP contribution in [0.25, 0.3) is 0 Å². The zero-order chi connectivity index (χ0) is 16.8. The molecule has 4 nitrogen and oxygen atoms in total. The van der Waals surface area contributed by atoms with Gasteiger partial charge in [0.1, 0.15) is 5.60 Å². The van der Waals surface area contributed by atoms with E-state index in [0.717, 1.165) is 37.7 Å². The number of aromatic nitrogens is 1. The van der Waals surface area contributed by atoms with Gasteiger partial charge < -0.3 is 4.74 Å². The number of carbonyl (C=O) groups excluding carboxylic acids is 1. The molecule has 0 aliphatic heterocycles. The lowest BCUT2D eigenvalue weighted by atomic mass is 9.99. The second kappa shape index (κ2) is 7.47. The molecule has 1 aliphatic rings. The Balaban J connectivity index is 1.58. The molecule has 1 heterocycles. The molecule has 0 bridgehead atoms. The molecular formula is C20H24NO3+. The minimum absolute atomic E-state index is 0.242. The Bertz CT molecular complexity index is 661. The van der Waals surface area contributed by atoms with E-state index in [1.54, 1.807) is 29.3 Å². The maximum atomic E-state index is 12.4. The lowest BCUT2D eigenvalue weighted by Crippen LogP contribution is -2.41. The molecule has 126 valence electrons. The van der Waals surface area contributed by atoms with Gasteiger partial charge in [0, 0.05) is 16.9 Å². The van der Waals surface area contributed by atoms with E-state index in [-0.39, 0.29) is 11.6 Å². The van der Waals surface area contributed by atoms with Gasteiger partial charge in [-0.3, -0.25) is 4.84 Å². The lowest BCUT2D eigenvalue weighted by molar-refractivity contribution is -0.895. The molecule has 0 atom stereocenters. The maximum Gasteiger partial charge on any atom is 0.339 e. The Morgan fingerprint density at radius 2 is 1.75 bits per heavy atom. The van der Waals surface area contributed by atoms with Gasteiger partial charge in [0.25, 0.3) is 0 Å². The third kappa shape index (κ3) is 3.94. The lowest BCUT2D eigenvalue weighted by Gasteiger charge is -2.27. The van der Waals surface area contributed by atoms with Gasteiger partial charge in [0.15, 0.2) is 6.61 Å². The highest BCUT2D eigenvalue weighted by molar-refractivity contribution is 5.89. The summed E-state index contributed by atoms with van der Waals surface area (Å²) in [7, 11) is 0. The van der Waals surface area contributed by atoms with E-state index in [4.69, 9.17) is 9.57 Å². The Kier molecular flexibility index (Phi) is 5.14. The van der Waals surface area contributed by atoms with Crippen LogP contribution in [0.5, 0.6) is 0 Å². The van der Waals surface area contributed by atoms with Gasteiger partial charge >= 0.3 is 5.97 Å². The topological polar surface area (TPSA) is 39.4 Å². The first kappa shape index (κ1) is 16.5. The van der Waals surface area contributed by atoms with Crippen molar-refractivity contribution in [2.45, 2.75) is 51.2 Å². The number of esters is 1. The molecule has 0 unspecified atom stereocenters. The van der Waals surface area contributed by atoms with Crippen molar-refractivity contribution in [3.63, 3.8) is 0 Å². The number of hydrogen-bond acceptors (Lipinski definition) is 3. The van der Waals surface area contributed by atoms with Crippen molar-refractivity contribution in [2.75, 3.05) is 0 Å². The van der Waals surface area contributed by atoms with Crippen molar-refractivity contribution in [2.24, 2.45) is 0 Å². The van der Waals surface area contributed by atoms with Crippen LogP contribution in [0.3, 0.4) is 0 Å². The van der Waals surface area contributed by atoms with Crippen LogP contribution in [0, 0.1) is 0 Å². The van der Waals surface area contributed by atoms with Crippen molar-refractivity contribution in [3.05, 3.63) is 66.0 Å². The van der Waals surface area contributed by atoms with Gasteiger partial charge in [-0.1, -0.05) is 37.3 Å². The number of rotatable bonds is 6. The van der Waals surface area contributed by atoms with Crippen molar-refractivity contribution < 1.29 is 19.1 Å². The summed E-state index contributed by atoms with van der Waals surface area (Å²) in [5.41, 5.74) is 1.40. The summed E-state index contributed by atoms with van der Waals surface area (Å²) in [5, 5.41) is 0. The van der Waals surface area contributed by atoms with Crippen LogP contribution < -0.4 is 9.57 Å². The summed E-state index contributed by atoms with van der Waals surface area (Å²) in [5.74, 6) is -0.242. The third-order valence-corrected chi connectivity index (χ3v) is 4.73. The number of hydrogen-bond donors (Lipinski definition) is 0. The average molecular weight is 326 g/mol. The van der Waals surface area contributed by atoms with E-state index in [0.29, 0.717) is 12.2 Å². The normalized spacial score (nSPS) is 15.9. The summed E-state index contributed by atoms with van der Waals surface area (Å²) in [6.45, 7) is 2.57. The largest absolute Gasteiger partial charge is 0.455 e. The van der Waals surface area contributed by atoms with Crippen LogP contribution in [0.1, 0.15) is 54.9 Å². The standard InChI is InChI=1S/C20H24NO3/c1-2-20(12-6-7-13-20)24-19(22)18-10-14-21(15-11-18)23-16-17-8-4-3-5-9-17/h3-5,8-11,14-15H,2,6-7,12-13,16H2,1H3/q+1. The quantitative estimate of drug-likeness (QED) is 0.603. The molecule has 1 saturated carbocycles. The van der Waals surface area contributed by atoms with Crippen LogP contribution in [0.2, 0.25) is 0 Å². The maximum absolute atomic E-state index is 12.4. The fourth-order valence-electron chi connectivity index (χ4n) is 3.16. The zero-order valence-corrected chi connectivity index (χ0v) is 14.1. The molecule has 3 rings (SSSR count). The van der Waals surface area contributed by atoms with Gasteiger partial charge in [-0.05, 0) is 37.7 Å². The second-order valence-electron chi connectivity index (χ2n) is 6.34. The van der Waals surface area contributed by atoms with Crippen LogP contribution in [-0.4, -0.2) is 11.6 Å². The molecule has 0 radical (unpaired) electrons. The van der Waals surface area contributed by atoms with E-state index >= 15 is 0 Å². The first-order valence-corrected chi connectivity index (χ1v) is 8.63. The minimum Gasteiger partial charge on any atom is -0.455 e. The van der Waals surface area contributed by atoms with E-state index < -0.39 is 0 Å². The van der Waals surface area contributed by atoms with Gasteiger partial charge in [-0.25, -0.2) is 4.79 Å². The first-order chi connectivity index (χ1) is 11.7. The van der Waals surface area contributed by atoms with Gasteiger partial charge in [-0.15, -0.1) is 0 Å². The molecule has 1 aromatic heterocycles. The Morgan fingerprint density at radius 3 is 2.38 bits per heavy atom. The predicted octanol–water partition coefficient (Wildman–Crippen LogP) is 3.48. The molecule has 2 aromatic rings. The van der Waals surface area contributed by atoms with Crippen LogP contribution in [0.4, 0.5) is 0 Å². The van der Waals surface area contributed by atoms with Crippen molar-refractivity contribution in [1.29, 1.82) is 0 Å². The van der Waals surface area contributed by atoms with Crippen molar-refractivity contribution in [1.82, 2.24) is 0 Å². The third-order valence-electron chi connectivity index (χ3n) is 4.73. The highest BCUT2D eigenvalue weighted by Gasteiger charge is 2.36. The van der Waals surface area contributed by atoms with E-state index in [9.17, 15) is 4.79 Å². The molecule has 0 saturated heterocycles. The highest BCUT2D eigenvalue weighted by atomic mass is 16.7. The predicted molar refractivity (Wildman–Crippen MR) is 90.3 cm³/mol. The molecule has 0 N–H and O–H groups in total. The summed E-state index contributed by atoms with van der Waals surface area (Å²) in [6, 6.07) is 13.4. The van der Waals surface area contributed by atoms with Gasteiger partial charge in [0.05, 0.1) is 5.56 Å². The molecule has 1 aliphatic carbocycles. The molecule has 0 spiro atoms. The summed E-state index contributed by atoms with van der Waals surface area (Å²) >= 11 is 0. The van der Waals surface area contributed by atoms with E-state index in [1.165, 1.54) is 0 Å². The fraction of sp³-hybridized carbons (Fsp3) is 0.400. The van der Waals surface area contributed by atoms with Crippen LogP contribution in [-0.2, 0) is 11.3 Å². The average Bonchev–Trinajstić information content (AvgIpc) is 3.10. The monoisotopic (exact) mass is 326 g/mol. The molecule has 4 heteroatoms. The molecular weight excluding hydrogens is 302 g/mol. The molecule has 24 heavy (non-hydrogen) atoms. The molecule has 1 fully saturated rings. The van der Waals surface area contributed by atoms with E-state index in [2.05, 4.69) is 6.92 Å². The van der Waals surface area contributed by atoms with Gasteiger partial charge in [0.2, 0.25) is 12.4 Å². The first-order valence-electron chi connectivity index (χ1n) is 8.63. The number of ether oxygens (including phenoxy) is 1. The summed E-state index contributed by atoms with van der Waals surface area (Å²) in [6.07, 6.45) is 8.60. The molecule has 0 amide bonds. The smallest absolute Gasteiger partial charge is 0.339 e. The Morgan fingerprint density at radius 1 is 1.08 bits per heavy atom. The number of carbonyl (C=O) groups is 1. The Labute approximate surface area is 143 Å². The SMILES string of the molecule is CCC1(OC(=O)c2cc[n+](OCc3ccccc3)cc2)CCCC1. The molecule has 1 aromatic carbocycles. The highest BCUT2D eigenvalue weighted by Crippen LogP contribution is 2.36.